The van der Waals surface area contributed by atoms with Crippen molar-refractivity contribution in [2.75, 3.05) is 40.0 Å². The van der Waals surface area contributed by atoms with Crippen LogP contribution in [0.1, 0.15) is 18.4 Å². The van der Waals surface area contributed by atoms with Crippen molar-refractivity contribution < 1.29 is 22.7 Å². The number of hydrogen-bond donors (Lipinski definition) is 1. The summed E-state index contributed by atoms with van der Waals surface area (Å²) in [7, 11) is -2.35. The Morgan fingerprint density at radius 2 is 1.76 bits per heavy atom. The van der Waals surface area contributed by atoms with Crippen LogP contribution in [-0.2, 0) is 25.8 Å². The fraction of sp³-hybridized carbons (Fsp3) is 0.357. The summed E-state index contributed by atoms with van der Waals surface area (Å²) in [4.78, 5) is 18.8. The van der Waals surface area contributed by atoms with Gasteiger partial charge in [-0.2, -0.15) is 0 Å². The van der Waals surface area contributed by atoms with Crippen LogP contribution in [-0.4, -0.2) is 68.9 Å². The monoisotopic (exact) mass is 523 g/mol. The summed E-state index contributed by atoms with van der Waals surface area (Å²) in [5, 5.41) is 0. The van der Waals surface area contributed by atoms with Gasteiger partial charge in [0, 0.05) is 45.6 Å². The highest BCUT2D eigenvalue weighted by Gasteiger charge is 2.51. The van der Waals surface area contributed by atoms with E-state index in [1.54, 1.807) is 25.4 Å². The zero-order chi connectivity index (χ0) is 26.3. The van der Waals surface area contributed by atoms with Crippen LogP contribution in [0.5, 0.6) is 5.75 Å². The van der Waals surface area contributed by atoms with Crippen LogP contribution in [0.2, 0.25) is 0 Å². The Balaban J connectivity index is 1.39. The molecule has 9 heteroatoms. The first-order chi connectivity index (χ1) is 17.9. The van der Waals surface area contributed by atoms with E-state index in [0.717, 1.165) is 16.7 Å². The zero-order valence-corrected chi connectivity index (χ0v) is 21.8. The largest absolute Gasteiger partial charge is 0.493 e. The highest BCUT2D eigenvalue weighted by Crippen LogP contribution is 2.36. The van der Waals surface area contributed by atoms with Gasteiger partial charge >= 0.3 is 0 Å². The van der Waals surface area contributed by atoms with Gasteiger partial charge in [0.1, 0.15) is 5.75 Å². The Morgan fingerprint density at radius 3 is 2.41 bits per heavy atom. The van der Waals surface area contributed by atoms with Gasteiger partial charge in [0.15, 0.2) is 14.6 Å². The summed E-state index contributed by atoms with van der Waals surface area (Å²) in [5.41, 5.74) is 8.95. The molecule has 1 aliphatic rings. The first kappa shape index (κ1) is 26.8. The Labute approximate surface area is 218 Å². The molecule has 1 aliphatic heterocycles. The summed E-state index contributed by atoms with van der Waals surface area (Å²) in [5.74, 6) is -0.238. The number of nitrogens with two attached hydrogens (primary N) is 1. The second kappa shape index (κ2) is 11.9. The Bertz CT molecular complexity index is 1290. The van der Waals surface area contributed by atoms with Gasteiger partial charge in [-0.3, -0.25) is 9.78 Å². The third-order valence-electron chi connectivity index (χ3n) is 6.95. The summed E-state index contributed by atoms with van der Waals surface area (Å²) in [6, 6.07) is 18.4. The normalized spacial score (nSPS) is 15.8. The first-order valence-corrected chi connectivity index (χ1v) is 13.8. The highest BCUT2D eigenvalue weighted by atomic mass is 32.2. The van der Waals surface area contributed by atoms with Gasteiger partial charge in [0.25, 0.3) is 0 Å². The lowest BCUT2D eigenvalue weighted by Gasteiger charge is -2.38. The molecule has 0 bridgehead atoms. The van der Waals surface area contributed by atoms with Crippen molar-refractivity contribution in [3.63, 3.8) is 0 Å². The lowest BCUT2D eigenvalue weighted by atomic mass is 9.95. The maximum Gasteiger partial charge on any atom is 0.239 e. The molecule has 8 nitrogen and oxygen atoms in total. The van der Waals surface area contributed by atoms with Crippen LogP contribution in [0.25, 0.3) is 11.1 Å². The fourth-order valence-electron chi connectivity index (χ4n) is 4.67. The average Bonchev–Trinajstić information content (AvgIpc) is 2.93. The Hall–Kier alpha value is -3.27. The van der Waals surface area contributed by atoms with Crippen molar-refractivity contribution in [2.24, 2.45) is 5.73 Å². The summed E-state index contributed by atoms with van der Waals surface area (Å²) >= 11 is 0. The fourth-order valence-corrected chi connectivity index (χ4v) is 6.60. The van der Waals surface area contributed by atoms with Crippen molar-refractivity contribution in [2.45, 2.75) is 28.9 Å². The van der Waals surface area contributed by atoms with E-state index in [-0.39, 0.29) is 17.7 Å². The van der Waals surface area contributed by atoms with Crippen LogP contribution >= 0.6 is 0 Å². The van der Waals surface area contributed by atoms with Crippen molar-refractivity contribution in [3.8, 4) is 16.9 Å². The first-order valence-electron chi connectivity index (χ1n) is 12.3. The molecule has 37 heavy (non-hydrogen) atoms. The molecule has 196 valence electrons. The molecule has 1 fully saturated rings. The molecule has 0 saturated carbocycles. The van der Waals surface area contributed by atoms with Gasteiger partial charge < -0.3 is 20.1 Å². The summed E-state index contributed by atoms with van der Waals surface area (Å²) in [6.45, 7) is 2.60. The third-order valence-corrected chi connectivity index (χ3v) is 9.49. The Kier molecular flexibility index (Phi) is 8.58. The molecule has 0 unspecified atom stereocenters. The number of pyridine rings is 1. The van der Waals surface area contributed by atoms with E-state index in [9.17, 15) is 13.2 Å². The lowest BCUT2D eigenvalue weighted by Crippen LogP contribution is -2.57. The number of rotatable bonds is 11. The molecule has 3 aromatic rings. The molecule has 0 radical (unpaired) electrons. The van der Waals surface area contributed by atoms with Crippen LogP contribution in [0.4, 0.5) is 0 Å². The van der Waals surface area contributed by atoms with Gasteiger partial charge in [0.2, 0.25) is 5.91 Å². The number of amides is 1. The standard InChI is InChI=1S/C28H33N3O5S/c1-35-19-17-31-15-12-28(13-16-31,27(29)32)37(33,34)26-9-7-25(8-10-26)36-18-11-22-4-2-5-23(20-22)24-6-3-14-30-21-24/h2-10,14,20-21H,11-13,15-19H2,1H3,(H2,29,32). The predicted octanol–water partition coefficient (Wildman–Crippen LogP) is 3.11. The maximum atomic E-state index is 13.5. The van der Waals surface area contributed by atoms with Crippen molar-refractivity contribution in [1.82, 2.24) is 9.88 Å². The average molecular weight is 524 g/mol. The SMILES string of the molecule is COCCN1CCC(C(N)=O)(S(=O)(=O)c2ccc(OCCc3cccc(-c4cccnc4)c3)cc2)CC1. The number of carbonyl (C=O) groups excluding carboxylic acids is 1. The number of likely N-dealkylation sites (tertiary alicyclic amines) is 1. The number of aromatic nitrogens is 1. The molecule has 2 aromatic carbocycles. The van der Waals surface area contributed by atoms with Crippen molar-refractivity contribution >= 4 is 15.7 Å². The van der Waals surface area contributed by atoms with Crippen molar-refractivity contribution in [1.29, 1.82) is 0 Å². The second-order valence-corrected chi connectivity index (χ2v) is 11.5. The topological polar surface area (TPSA) is 112 Å². The molecular weight excluding hydrogens is 490 g/mol. The van der Waals surface area contributed by atoms with E-state index < -0.39 is 20.5 Å². The number of nitrogens with zero attached hydrogens (tertiary/aromatic N) is 2. The van der Waals surface area contributed by atoms with E-state index in [2.05, 4.69) is 16.0 Å². The molecule has 0 spiro atoms. The summed E-state index contributed by atoms with van der Waals surface area (Å²) in [6.07, 6.45) is 4.59. The van der Waals surface area contributed by atoms with E-state index >= 15 is 0 Å². The smallest absolute Gasteiger partial charge is 0.239 e. The van der Waals surface area contributed by atoms with E-state index in [0.29, 0.717) is 45.0 Å². The van der Waals surface area contributed by atoms with Gasteiger partial charge in [0.05, 0.1) is 18.1 Å². The molecular formula is C28H33N3O5S. The van der Waals surface area contributed by atoms with Crippen LogP contribution in [0.15, 0.2) is 78.0 Å². The molecule has 0 atom stereocenters. The van der Waals surface area contributed by atoms with Gasteiger partial charge in [-0.25, -0.2) is 8.42 Å². The number of primary amides is 1. The zero-order valence-electron chi connectivity index (χ0n) is 21.0. The van der Waals surface area contributed by atoms with E-state index in [1.165, 1.54) is 12.1 Å². The minimum Gasteiger partial charge on any atom is -0.493 e. The number of sulfone groups is 1. The van der Waals surface area contributed by atoms with Gasteiger partial charge in [-0.1, -0.05) is 30.3 Å². The van der Waals surface area contributed by atoms with Crippen LogP contribution in [0.3, 0.4) is 0 Å². The lowest BCUT2D eigenvalue weighted by molar-refractivity contribution is -0.121. The maximum absolute atomic E-state index is 13.5. The minimum absolute atomic E-state index is 0.0770. The number of piperidine rings is 1. The second-order valence-electron chi connectivity index (χ2n) is 9.21. The molecule has 1 aromatic heterocycles. The van der Waals surface area contributed by atoms with Crippen LogP contribution in [0, 0.1) is 0 Å². The number of methoxy groups -OCH3 is 1. The number of hydrogen-bond acceptors (Lipinski definition) is 7. The molecule has 4 rings (SSSR count). The quantitative estimate of drug-likeness (QED) is 0.411. The predicted molar refractivity (Wildman–Crippen MR) is 142 cm³/mol. The van der Waals surface area contributed by atoms with E-state index in [1.807, 2.05) is 36.5 Å². The molecule has 2 N–H and O–H groups in total. The molecule has 0 aliphatic carbocycles. The van der Waals surface area contributed by atoms with E-state index in [4.69, 9.17) is 15.2 Å². The molecule has 1 saturated heterocycles. The third kappa shape index (κ3) is 6.01. The summed E-state index contributed by atoms with van der Waals surface area (Å²) < 4.78 is 36.4. The minimum atomic E-state index is -3.97. The Morgan fingerprint density at radius 1 is 1.03 bits per heavy atom. The number of ether oxygens (including phenoxy) is 2. The highest BCUT2D eigenvalue weighted by molar-refractivity contribution is 7.93. The number of carbonyl (C=O) groups is 1. The van der Waals surface area contributed by atoms with Gasteiger partial charge in [-0.15, -0.1) is 0 Å². The van der Waals surface area contributed by atoms with Crippen molar-refractivity contribution in [3.05, 3.63) is 78.6 Å². The number of benzene rings is 2. The van der Waals surface area contributed by atoms with Gasteiger partial charge in [-0.05, 0) is 59.9 Å². The molecule has 1 amide bonds. The molecule has 2 heterocycles. The van der Waals surface area contributed by atoms with Crippen LogP contribution < -0.4 is 10.5 Å².